The van der Waals surface area contributed by atoms with E-state index in [9.17, 15) is 5.11 Å². The molecule has 4 N–H and O–H groups in total. The molecule has 0 atom stereocenters. The normalized spacial score (nSPS) is 18.6. The van der Waals surface area contributed by atoms with Gasteiger partial charge in [-0.1, -0.05) is 24.4 Å². The molecule has 1 aliphatic carbocycles. The van der Waals surface area contributed by atoms with Gasteiger partial charge in [-0.3, -0.25) is 0 Å². The lowest BCUT2D eigenvalue weighted by Gasteiger charge is -2.29. The van der Waals surface area contributed by atoms with Crippen LogP contribution in [0, 0.1) is 0 Å². The maximum absolute atomic E-state index is 9.49. The number of nitrogen functional groups attached to an aromatic ring is 1. The van der Waals surface area contributed by atoms with Crippen LogP contribution < -0.4 is 11.1 Å². The highest BCUT2D eigenvalue weighted by molar-refractivity contribution is 6.33. The molecule has 2 rings (SSSR count). The minimum atomic E-state index is -0.195. The van der Waals surface area contributed by atoms with Crippen LogP contribution in [0.3, 0.4) is 0 Å². The molecule has 0 aliphatic heterocycles. The number of rotatable bonds is 3. The first kappa shape index (κ1) is 11.6. The van der Waals surface area contributed by atoms with Gasteiger partial charge < -0.3 is 16.2 Å². The average Bonchev–Trinajstić information content (AvgIpc) is 2.72. The predicted octanol–water partition coefficient (Wildman–Crippen LogP) is 2.64. The fourth-order valence-electron chi connectivity index (χ4n) is 2.29. The zero-order valence-electron chi connectivity index (χ0n) is 9.17. The number of hydrogen-bond donors (Lipinski definition) is 3. The summed E-state index contributed by atoms with van der Waals surface area (Å²) in [5.74, 6) is 0. The average molecular weight is 241 g/mol. The van der Waals surface area contributed by atoms with Gasteiger partial charge in [-0.2, -0.15) is 0 Å². The smallest absolute Gasteiger partial charge is 0.0661 e. The molecule has 0 aromatic heterocycles. The summed E-state index contributed by atoms with van der Waals surface area (Å²) < 4.78 is 0. The molecule has 4 heteroatoms. The summed E-state index contributed by atoms with van der Waals surface area (Å²) in [5.41, 5.74) is 6.95. The summed E-state index contributed by atoms with van der Waals surface area (Å²) in [6, 6.07) is 5.41. The Kier molecular flexibility index (Phi) is 3.26. The monoisotopic (exact) mass is 240 g/mol. The summed E-state index contributed by atoms with van der Waals surface area (Å²) in [6.45, 7) is 0.147. The van der Waals surface area contributed by atoms with Crippen molar-refractivity contribution >= 4 is 23.0 Å². The van der Waals surface area contributed by atoms with E-state index in [1.54, 1.807) is 6.07 Å². The summed E-state index contributed by atoms with van der Waals surface area (Å²) in [4.78, 5) is 0. The zero-order chi connectivity index (χ0) is 11.6. The molecule has 1 aromatic rings. The molecular formula is C12H17ClN2O. The first-order valence-electron chi connectivity index (χ1n) is 5.59. The van der Waals surface area contributed by atoms with E-state index in [1.165, 1.54) is 0 Å². The van der Waals surface area contributed by atoms with Gasteiger partial charge in [0.05, 0.1) is 22.9 Å². The number of nitrogens with two attached hydrogens (primary N) is 1. The van der Waals surface area contributed by atoms with Gasteiger partial charge in [-0.25, -0.2) is 0 Å². The third kappa shape index (κ3) is 2.25. The third-order valence-electron chi connectivity index (χ3n) is 3.26. The van der Waals surface area contributed by atoms with Crippen LogP contribution >= 0.6 is 11.6 Å². The van der Waals surface area contributed by atoms with Gasteiger partial charge in [-0.15, -0.1) is 0 Å². The molecule has 0 bridgehead atoms. The van der Waals surface area contributed by atoms with Crippen molar-refractivity contribution in [3.05, 3.63) is 23.2 Å². The molecule has 0 amide bonds. The lowest BCUT2D eigenvalue weighted by Crippen LogP contribution is -2.39. The maximum Gasteiger partial charge on any atom is 0.0661 e. The van der Waals surface area contributed by atoms with Gasteiger partial charge in [0.15, 0.2) is 0 Å². The third-order valence-corrected chi connectivity index (χ3v) is 3.57. The SMILES string of the molecule is Nc1ccc(NC2(CO)CCCC2)c(Cl)c1. The highest BCUT2D eigenvalue weighted by Crippen LogP contribution is 2.35. The number of aliphatic hydroxyl groups is 1. The van der Waals surface area contributed by atoms with Crippen LogP contribution in [0.15, 0.2) is 18.2 Å². The van der Waals surface area contributed by atoms with Crippen molar-refractivity contribution < 1.29 is 5.11 Å². The molecule has 16 heavy (non-hydrogen) atoms. The van der Waals surface area contributed by atoms with Crippen molar-refractivity contribution in [1.29, 1.82) is 0 Å². The van der Waals surface area contributed by atoms with Crippen molar-refractivity contribution in [2.45, 2.75) is 31.2 Å². The molecule has 1 aliphatic rings. The standard InChI is InChI=1S/C12H17ClN2O/c13-10-7-9(14)3-4-11(10)15-12(8-16)5-1-2-6-12/h3-4,7,15-16H,1-2,5-6,8,14H2. The minimum absolute atomic E-state index is 0.147. The van der Waals surface area contributed by atoms with Crippen LogP contribution in [0.5, 0.6) is 0 Å². The van der Waals surface area contributed by atoms with Crippen molar-refractivity contribution in [3.63, 3.8) is 0 Å². The van der Waals surface area contributed by atoms with Gasteiger partial charge in [-0.05, 0) is 31.0 Å². The van der Waals surface area contributed by atoms with E-state index in [1.807, 2.05) is 12.1 Å². The number of halogens is 1. The number of hydrogen-bond acceptors (Lipinski definition) is 3. The van der Waals surface area contributed by atoms with Crippen LogP contribution in [0.25, 0.3) is 0 Å². The fourth-order valence-corrected chi connectivity index (χ4v) is 2.53. The van der Waals surface area contributed by atoms with E-state index in [0.717, 1.165) is 31.4 Å². The number of nitrogens with one attached hydrogen (secondary N) is 1. The Morgan fingerprint density at radius 1 is 1.38 bits per heavy atom. The van der Waals surface area contributed by atoms with E-state index in [4.69, 9.17) is 17.3 Å². The Morgan fingerprint density at radius 3 is 2.62 bits per heavy atom. The van der Waals surface area contributed by atoms with E-state index in [2.05, 4.69) is 5.32 Å². The van der Waals surface area contributed by atoms with Crippen LogP contribution in [-0.2, 0) is 0 Å². The molecule has 1 aromatic carbocycles. The van der Waals surface area contributed by atoms with E-state index in [0.29, 0.717) is 10.7 Å². The molecule has 0 radical (unpaired) electrons. The van der Waals surface area contributed by atoms with Gasteiger partial charge in [0.1, 0.15) is 0 Å². The van der Waals surface area contributed by atoms with Crippen LogP contribution in [0.2, 0.25) is 5.02 Å². The van der Waals surface area contributed by atoms with Gasteiger partial charge >= 0.3 is 0 Å². The van der Waals surface area contributed by atoms with Gasteiger partial charge in [0.2, 0.25) is 0 Å². The minimum Gasteiger partial charge on any atom is -0.399 e. The molecule has 0 unspecified atom stereocenters. The van der Waals surface area contributed by atoms with Gasteiger partial charge in [0, 0.05) is 5.69 Å². The molecule has 0 heterocycles. The molecule has 1 saturated carbocycles. The first-order valence-corrected chi connectivity index (χ1v) is 5.97. The zero-order valence-corrected chi connectivity index (χ0v) is 9.93. The molecule has 0 saturated heterocycles. The highest BCUT2D eigenvalue weighted by atomic mass is 35.5. The van der Waals surface area contributed by atoms with E-state index < -0.39 is 0 Å². The Hall–Kier alpha value is -0.930. The molecular weight excluding hydrogens is 224 g/mol. The predicted molar refractivity (Wildman–Crippen MR) is 67.8 cm³/mol. The van der Waals surface area contributed by atoms with Crippen LogP contribution in [0.4, 0.5) is 11.4 Å². The lowest BCUT2D eigenvalue weighted by molar-refractivity contribution is 0.214. The number of benzene rings is 1. The molecule has 88 valence electrons. The van der Waals surface area contributed by atoms with Crippen molar-refractivity contribution in [1.82, 2.24) is 0 Å². The summed E-state index contributed by atoms with van der Waals surface area (Å²) in [7, 11) is 0. The van der Waals surface area contributed by atoms with Crippen molar-refractivity contribution in [2.75, 3.05) is 17.7 Å². The van der Waals surface area contributed by atoms with Gasteiger partial charge in [0.25, 0.3) is 0 Å². The maximum atomic E-state index is 9.49. The van der Waals surface area contributed by atoms with E-state index >= 15 is 0 Å². The largest absolute Gasteiger partial charge is 0.399 e. The Morgan fingerprint density at radius 2 is 2.06 bits per heavy atom. The molecule has 3 nitrogen and oxygen atoms in total. The second kappa shape index (κ2) is 4.52. The fraction of sp³-hybridized carbons (Fsp3) is 0.500. The van der Waals surface area contributed by atoms with Crippen LogP contribution in [0.1, 0.15) is 25.7 Å². The molecule has 1 fully saturated rings. The topological polar surface area (TPSA) is 58.3 Å². The summed E-state index contributed by atoms with van der Waals surface area (Å²) in [6.07, 6.45) is 4.29. The lowest BCUT2D eigenvalue weighted by atomic mass is 9.98. The number of aliphatic hydroxyl groups excluding tert-OH is 1. The second-order valence-electron chi connectivity index (χ2n) is 4.51. The Balaban J connectivity index is 2.19. The first-order chi connectivity index (χ1) is 7.65. The summed E-state index contributed by atoms with van der Waals surface area (Å²) in [5, 5.41) is 13.5. The quantitative estimate of drug-likeness (QED) is 0.712. The van der Waals surface area contributed by atoms with Crippen LogP contribution in [-0.4, -0.2) is 17.3 Å². The Labute approximate surface area is 101 Å². The highest BCUT2D eigenvalue weighted by Gasteiger charge is 2.33. The summed E-state index contributed by atoms with van der Waals surface area (Å²) >= 11 is 6.10. The van der Waals surface area contributed by atoms with Crippen molar-refractivity contribution in [3.8, 4) is 0 Å². The van der Waals surface area contributed by atoms with E-state index in [-0.39, 0.29) is 12.1 Å². The number of anilines is 2. The Bertz CT molecular complexity index is 375. The van der Waals surface area contributed by atoms with Crippen molar-refractivity contribution in [2.24, 2.45) is 0 Å². The molecule has 0 spiro atoms. The second-order valence-corrected chi connectivity index (χ2v) is 4.92.